The van der Waals surface area contributed by atoms with E-state index in [-0.39, 0.29) is 11.2 Å². The molecule has 0 radical (unpaired) electrons. The van der Waals surface area contributed by atoms with Gasteiger partial charge in [0.1, 0.15) is 22.7 Å². The van der Waals surface area contributed by atoms with Crippen molar-refractivity contribution in [3.63, 3.8) is 0 Å². The molecule has 122 valence electrons. The van der Waals surface area contributed by atoms with E-state index in [0.717, 1.165) is 24.3 Å². The van der Waals surface area contributed by atoms with Gasteiger partial charge in [-0.25, -0.2) is 0 Å². The molecule has 1 heterocycles. The monoisotopic (exact) mass is 312 g/mol. The number of hydrogen-bond acceptors (Lipinski definition) is 3. The van der Waals surface area contributed by atoms with Gasteiger partial charge in [0.2, 0.25) is 0 Å². The molecule has 2 unspecified atom stereocenters. The van der Waals surface area contributed by atoms with Gasteiger partial charge in [0.15, 0.2) is 0 Å². The summed E-state index contributed by atoms with van der Waals surface area (Å²) in [5.74, 6) is 1.74. The van der Waals surface area contributed by atoms with Gasteiger partial charge in [-0.2, -0.15) is 0 Å². The van der Waals surface area contributed by atoms with Crippen LogP contribution in [0.1, 0.15) is 37.8 Å². The summed E-state index contributed by atoms with van der Waals surface area (Å²) in [5.41, 5.74) is 1.89. The molecule has 2 aromatic rings. The molecule has 0 spiro atoms. The molecular weight excluding hydrogens is 288 g/mol. The summed E-state index contributed by atoms with van der Waals surface area (Å²) >= 11 is 0. The van der Waals surface area contributed by atoms with Crippen LogP contribution in [-0.4, -0.2) is 14.2 Å². The molecule has 1 saturated heterocycles. The Morgan fingerprint density at radius 1 is 0.696 bits per heavy atom. The van der Waals surface area contributed by atoms with Gasteiger partial charge in [-0.3, -0.25) is 0 Å². The fourth-order valence-electron chi connectivity index (χ4n) is 3.70. The predicted octanol–water partition coefficient (Wildman–Crippen LogP) is 4.64. The van der Waals surface area contributed by atoms with Crippen LogP contribution in [-0.2, 0) is 15.9 Å². The topological polar surface area (TPSA) is 31.0 Å². The van der Waals surface area contributed by atoms with Crippen LogP contribution in [0.4, 0.5) is 0 Å². The zero-order chi connectivity index (χ0) is 16.5. The Kier molecular flexibility index (Phi) is 4.07. The van der Waals surface area contributed by atoms with E-state index in [0.29, 0.717) is 0 Å². The van der Waals surface area contributed by atoms with Crippen LogP contribution in [0.3, 0.4) is 0 Å². The molecule has 3 nitrogen and oxygen atoms in total. The highest BCUT2D eigenvalue weighted by Crippen LogP contribution is 2.66. The van der Waals surface area contributed by atoms with Crippen molar-refractivity contribution >= 4 is 0 Å². The standard InChI is InChI=1S/C20H24O3/c1-5-19(15-7-11-17(21-3)12-8-15)20(6-2,23-19)16-9-13-18(22-4)14-10-16/h7-14H,5-6H2,1-4H3. The Balaban J connectivity index is 1.99. The minimum absolute atomic E-state index is 0.261. The Morgan fingerprint density at radius 2 is 1.04 bits per heavy atom. The Hall–Kier alpha value is -2.00. The molecule has 2 aromatic carbocycles. The molecule has 0 bridgehead atoms. The first-order valence-corrected chi connectivity index (χ1v) is 8.15. The average Bonchev–Trinajstić information content (AvgIpc) is 3.32. The van der Waals surface area contributed by atoms with E-state index in [2.05, 4.69) is 38.1 Å². The molecule has 0 aliphatic carbocycles. The first-order chi connectivity index (χ1) is 11.2. The van der Waals surface area contributed by atoms with Gasteiger partial charge >= 0.3 is 0 Å². The number of methoxy groups -OCH3 is 2. The molecule has 1 aliphatic heterocycles. The second-order valence-corrected chi connectivity index (χ2v) is 5.92. The van der Waals surface area contributed by atoms with E-state index < -0.39 is 0 Å². The third-order valence-electron chi connectivity index (χ3n) is 5.07. The SMILES string of the molecule is CCC1(c2ccc(OC)cc2)OC1(CC)c1ccc(OC)cc1. The summed E-state index contributed by atoms with van der Waals surface area (Å²) in [5, 5.41) is 0. The van der Waals surface area contributed by atoms with Crippen molar-refractivity contribution in [1.82, 2.24) is 0 Å². The molecule has 1 fully saturated rings. The van der Waals surface area contributed by atoms with Crippen molar-refractivity contribution in [2.45, 2.75) is 37.9 Å². The van der Waals surface area contributed by atoms with Crippen LogP contribution < -0.4 is 9.47 Å². The summed E-state index contributed by atoms with van der Waals surface area (Å²) < 4.78 is 17.0. The lowest BCUT2D eigenvalue weighted by molar-refractivity contribution is 0.255. The number of hydrogen-bond donors (Lipinski definition) is 0. The molecule has 1 aliphatic rings. The van der Waals surface area contributed by atoms with Gasteiger partial charge in [-0.05, 0) is 48.2 Å². The molecule has 3 heteroatoms. The molecule has 0 amide bonds. The van der Waals surface area contributed by atoms with Crippen molar-refractivity contribution in [3.05, 3.63) is 59.7 Å². The number of benzene rings is 2. The molecule has 2 atom stereocenters. The molecule has 0 N–H and O–H groups in total. The first kappa shape index (κ1) is 15.9. The number of epoxide rings is 1. The molecule has 0 saturated carbocycles. The van der Waals surface area contributed by atoms with Gasteiger partial charge in [0.25, 0.3) is 0 Å². The summed E-state index contributed by atoms with van der Waals surface area (Å²) in [6.45, 7) is 4.37. The lowest BCUT2D eigenvalue weighted by Gasteiger charge is -2.19. The maximum Gasteiger partial charge on any atom is 0.127 e. The van der Waals surface area contributed by atoms with Crippen LogP contribution in [0, 0.1) is 0 Å². The summed E-state index contributed by atoms with van der Waals surface area (Å²) in [4.78, 5) is 0. The fraction of sp³-hybridized carbons (Fsp3) is 0.400. The zero-order valence-corrected chi connectivity index (χ0v) is 14.3. The number of rotatable bonds is 6. The predicted molar refractivity (Wildman–Crippen MR) is 91.0 cm³/mol. The maximum atomic E-state index is 6.43. The highest BCUT2D eigenvalue weighted by Gasteiger charge is 2.69. The van der Waals surface area contributed by atoms with E-state index >= 15 is 0 Å². The van der Waals surface area contributed by atoms with E-state index in [1.807, 2.05) is 24.3 Å². The fourth-order valence-corrected chi connectivity index (χ4v) is 3.70. The minimum atomic E-state index is -0.261. The first-order valence-electron chi connectivity index (χ1n) is 8.15. The molecule has 0 aromatic heterocycles. The molecular formula is C20H24O3. The summed E-state index contributed by atoms with van der Waals surface area (Å²) in [7, 11) is 3.37. The lowest BCUT2D eigenvalue weighted by Crippen LogP contribution is -2.21. The van der Waals surface area contributed by atoms with E-state index in [1.165, 1.54) is 11.1 Å². The van der Waals surface area contributed by atoms with E-state index in [9.17, 15) is 0 Å². The van der Waals surface area contributed by atoms with Gasteiger partial charge in [-0.15, -0.1) is 0 Å². The van der Waals surface area contributed by atoms with Crippen molar-refractivity contribution < 1.29 is 14.2 Å². The van der Waals surface area contributed by atoms with Crippen molar-refractivity contribution in [3.8, 4) is 11.5 Å². The van der Waals surface area contributed by atoms with Gasteiger partial charge in [0.05, 0.1) is 14.2 Å². The van der Waals surface area contributed by atoms with Crippen molar-refractivity contribution in [2.75, 3.05) is 14.2 Å². The average molecular weight is 312 g/mol. The van der Waals surface area contributed by atoms with Gasteiger partial charge < -0.3 is 14.2 Å². The zero-order valence-electron chi connectivity index (χ0n) is 14.3. The lowest BCUT2D eigenvalue weighted by atomic mass is 9.78. The van der Waals surface area contributed by atoms with Crippen molar-refractivity contribution in [2.24, 2.45) is 0 Å². The Bertz CT molecular complexity index is 603. The second kappa shape index (κ2) is 5.89. The van der Waals surface area contributed by atoms with Crippen LogP contribution in [0.2, 0.25) is 0 Å². The molecule has 23 heavy (non-hydrogen) atoms. The highest BCUT2D eigenvalue weighted by atomic mass is 16.6. The third-order valence-corrected chi connectivity index (χ3v) is 5.07. The van der Waals surface area contributed by atoms with Crippen LogP contribution in [0.5, 0.6) is 11.5 Å². The summed E-state index contributed by atoms with van der Waals surface area (Å²) in [6, 6.07) is 16.5. The Morgan fingerprint density at radius 3 is 1.30 bits per heavy atom. The van der Waals surface area contributed by atoms with Crippen molar-refractivity contribution in [1.29, 1.82) is 0 Å². The largest absolute Gasteiger partial charge is 0.497 e. The quantitative estimate of drug-likeness (QED) is 0.728. The Labute approximate surface area is 138 Å². The highest BCUT2D eigenvalue weighted by molar-refractivity contribution is 5.44. The second-order valence-electron chi connectivity index (χ2n) is 5.92. The maximum absolute atomic E-state index is 6.43. The van der Waals surface area contributed by atoms with Crippen LogP contribution >= 0.6 is 0 Å². The van der Waals surface area contributed by atoms with Crippen LogP contribution in [0.25, 0.3) is 0 Å². The van der Waals surface area contributed by atoms with Crippen LogP contribution in [0.15, 0.2) is 48.5 Å². The van der Waals surface area contributed by atoms with Gasteiger partial charge in [-0.1, -0.05) is 38.1 Å². The van der Waals surface area contributed by atoms with E-state index in [1.54, 1.807) is 14.2 Å². The smallest absolute Gasteiger partial charge is 0.127 e. The molecule has 3 rings (SSSR count). The number of ether oxygens (including phenoxy) is 3. The van der Waals surface area contributed by atoms with E-state index in [4.69, 9.17) is 14.2 Å². The normalized spacial score (nSPS) is 25.9. The minimum Gasteiger partial charge on any atom is -0.497 e. The third kappa shape index (κ3) is 2.31. The summed E-state index contributed by atoms with van der Waals surface area (Å²) in [6.07, 6.45) is 1.86. The van der Waals surface area contributed by atoms with Gasteiger partial charge in [0, 0.05) is 0 Å².